The van der Waals surface area contributed by atoms with E-state index in [0.29, 0.717) is 24.9 Å². The Morgan fingerprint density at radius 3 is 2.65 bits per heavy atom. The molecule has 0 aromatic rings. The van der Waals surface area contributed by atoms with Crippen molar-refractivity contribution in [3.63, 3.8) is 0 Å². The predicted octanol–water partition coefficient (Wildman–Crippen LogP) is 2.41. The molecule has 3 saturated carbocycles. The second kappa shape index (κ2) is 4.79. The highest BCUT2D eigenvalue weighted by atomic mass is 16.5. The molecular weight excluding hydrogens is 332 g/mol. The first-order valence-electron chi connectivity index (χ1n) is 9.91. The Kier molecular flexibility index (Phi) is 3.12. The van der Waals surface area contributed by atoms with Gasteiger partial charge in [0.25, 0.3) is 0 Å². The van der Waals surface area contributed by atoms with E-state index in [9.17, 15) is 14.7 Å². The van der Waals surface area contributed by atoms with Gasteiger partial charge < -0.3 is 14.6 Å². The van der Waals surface area contributed by atoms with Crippen LogP contribution in [0.25, 0.3) is 0 Å². The number of esters is 1. The third-order valence-corrected chi connectivity index (χ3v) is 9.12. The van der Waals surface area contributed by atoms with E-state index in [2.05, 4.69) is 13.8 Å². The van der Waals surface area contributed by atoms with Crippen molar-refractivity contribution >= 4 is 11.8 Å². The SMILES string of the molecule is CC(=O)O[C@H]1C(=O)[C@]2(C)[C@@H](O)C[C@H]3OC[C@H]3C23CC2CCC(C)=C1[C@@]23C. The minimum atomic E-state index is -0.884. The molecule has 0 amide bonds. The van der Waals surface area contributed by atoms with E-state index in [0.717, 1.165) is 24.8 Å². The van der Waals surface area contributed by atoms with Crippen LogP contribution in [0.2, 0.25) is 0 Å². The Hall–Kier alpha value is -1.20. The van der Waals surface area contributed by atoms with Crippen molar-refractivity contribution in [2.45, 2.75) is 71.7 Å². The summed E-state index contributed by atoms with van der Waals surface area (Å²) in [5, 5.41) is 11.1. The first kappa shape index (κ1) is 16.9. The third-order valence-electron chi connectivity index (χ3n) is 9.12. The summed E-state index contributed by atoms with van der Waals surface area (Å²) in [5.74, 6) is 0.260. The van der Waals surface area contributed by atoms with Gasteiger partial charge in [-0.2, -0.15) is 0 Å². The van der Waals surface area contributed by atoms with E-state index < -0.39 is 23.6 Å². The first-order valence-corrected chi connectivity index (χ1v) is 9.91. The highest BCUT2D eigenvalue weighted by Crippen LogP contribution is 2.82. The molecule has 5 nitrogen and oxygen atoms in total. The zero-order chi connectivity index (χ0) is 18.6. The summed E-state index contributed by atoms with van der Waals surface area (Å²) >= 11 is 0. The topological polar surface area (TPSA) is 72.8 Å². The number of ketones is 1. The van der Waals surface area contributed by atoms with E-state index in [4.69, 9.17) is 9.47 Å². The minimum absolute atomic E-state index is 0.0532. The second-order valence-electron chi connectivity index (χ2n) is 9.59. The van der Waals surface area contributed by atoms with Crippen LogP contribution in [0.1, 0.15) is 53.4 Å². The van der Waals surface area contributed by atoms with Gasteiger partial charge in [-0.05, 0) is 44.6 Å². The van der Waals surface area contributed by atoms with Crippen LogP contribution < -0.4 is 0 Å². The van der Waals surface area contributed by atoms with Crippen LogP contribution in [0, 0.1) is 28.1 Å². The first-order chi connectivity index (χ1) is 12.2. The van der Waals surface area contributed by atoms with Gasteiger partial charge in [-0.1, -0.05) is 12.5 Å². The van der Waals surface area contributed by atoms with E-state index >= 15 is 0 Å². The fourth-order valence-corrected chi connectivity index (χ4v) is 7.87. The van der Waals surface area contributed by atoms with E-state index in [1.807, 2.05) is 6.92 Å². The molecular formula is C21H28O5. The predicted molar refractivity (Wildman–Crippen MR) is 93.1 cm³/mol. The maximum atomic E-state index is 13.8. The zero-order valence-electron chi connectivity index (χ0n) is 16.0. The average Bonchev–Trinajstić information content (AvgIpc) is 2.54. The molecule has 142 valence electrons. The van der Waals surface area contributed by atoms with Crippen LogP contribution >= 0.6 is 0 Å². The fraction of sp³-hybridized carbons (Fsp3) is 0.810. The van der Waals surface area contributed by atoms with Crippen LogP contribution in [0.5, 0.6) is 0 Å². The molecule has 26 heavy (non-hydrogen) atoms. The molecule has 4 fully saturated rings. The molecule has 1 saturated heterocycles. The zero-order valence-corrected chi connectivity index (χ0v) is 16.0. The van der Waals surface area contributed by atoms with Gasteiger partial charge in [-0.25, -0.2) is 0 Å². The minimum Gasteiger partial charge on any atom is -0.450 e. The number of hydrogen-bond donors (Lipinski definition) is 1. The number of ether oxygens (including phenoxy) is 2. The molecule has 0 bridgehead atoms. The Labute approximate surface area is 154 Å². The molecule has 8 atom stereocenters. The number of aliphatic hydroxyl groups is 1. The van der Waals surface area contributed by atoms with Gasteiger partial charge in [-0.15, -0.1) is 0 Å². The van der Waals surface area contributed by atoms with Crippen molar-refractivity contribution in [1.82, 2.24) is 0 Å². The van der Waals surface area contributed by atoms with Crippen molar-refractivity contribution in [3.05, 3.63) is 11.1 Å². The van der Waals surface area contributed by atoms with Gasteiger partial charge in [0.05, 0.1) is 24.2 Å². The molecule has 1 N–H and O–H groups in total. The third kappa shape index (κ3) is 1.47. The summed E-state index contributed by atoms with van der Waals surface area (Å²) in [6.07, 6.45) is 2.00. The summed E-state index contributed by atoms with van der Waals surface area (Å²) in [4.78, 5) is 25.6. The Bertz CT molecular complexity index is 756. The number of aliphatic hydroxyl groups excluding tert-OH is 1. The van der Waals surface area contributed by atoms with Crippen LogP contribution in [0.3, 0.4) is 0 Å². The second-order valence-corrected chi connectivity index (χ2v) is 9.59. The fourth-order valence-electron chi connectivity index (χ4n) is 7.87. The molecule has 1 heterocycles. The lowest BCUT2D eigenvalue weighted by Crippen LogP contribution is -2.83. The van der Waals surface area contributed by atoms with Crippen molar-refractivity contribution in [1.29, 1.82) is 0 Å². The summed E-state index contributed by atoms with van der Waals surface area (Å²) in [6, 6.07) is 0. The lowest BCUT2D eigenvalue weighted by molar-refractivity contribution is -0.346. The lowest BCUT2D eigenvalue weighted by atomic mass is 9.24. The molecule has 0 aromatic carbocycles. The highest BCUT2D eigenvalue weighted by molar-refractivity contribution is 5.97. The van der Waals surface area contributed by atoms with Crippen LogP contribution in [-0.4, -0.2) is 41.8 Å². The molecule has 5 aliphatic rings. The molecule has 0 radical (unpaired) electrons. The Morgan fingerprint density at radius 2 is 2.04 bits per heavy atom. The number of rotatable bonds is 1. The van der Waals surface area contributed by atoms with Gasteiger partial charge in [0.2, 0.25) is 0 Å². The van der Waals surface area contributed by atoms with E-state index in [1.54, 1.807) is 0 Å². The normalized spacial score (nSPS) is 54.3. The summed E-state index contributed by atoms with van der Waals surface area (Å²) in [6.45, 7) is 8.33. The van der Waals surface area contributed by atoms with Crippen molar-refractivity contribution in [3.8, 4) is 0 Å². The van der Waals surface area contributed by atoms with Crippen molar-refractivity contribution in [2.24, 2.45) is 28.1 Å². The molecule has 4 aliphatic carbocycles. The monoisotopic (exact) mass is 360 g/mol. The summed E-state index contributed by atoms with van der Waals surface area (Å²) in [7, 11) is 0. The molecule has 1 spiro atoms. The number of fused-ring (bicyclic) bond motifs is 1. The van der Waals surface area contributed by atoms with E-state index in [-0.39, 0.29) is 22.7 Å². The van der Waals surface area contributed by atoms with Crippen molar-refractivity contribution < 1.29 is 24.2 Å². The Balaban J connectivity index is 1.77. The molecule has 0 aromatic heterocycles. The van der Waals surface area contributed by atoms with Crippen LogP contribution in [0.4, 0.5) is 0 Å². The number of allylic oxidation sites excluding steroid dienone is 1. The number of carbonyl (C=O) groups is 2. The average molecular weight is 360 g/mol. The number of hydrogen-bond acceptors (Lipinski definition) is 5. The summed E-state index contributed by atoms with van der Waals surface area (Å²) in [5.41, 5.74) is 0.867. The molecule has 1 aliphatic heterocycles. The van der Waals surface area contributed by atoms with Crippen LogP contribution in [0.15, 0.2) is 11.1 Å². The van der Waals surface area contributed by atoms with Gasteiger partial charge in [0.15, 0.2) is 11.9 Å². The smallest absolute Gasteiger partial charge is 0.303 e. The van der Waals surface area contributed by atoms with E-state index in [1.165, 1.54) is 12.5 Å². The summed E-state index contributed by atoms with van der Waals surface area (Å²) < 4.78 is 11.4. The number of Topliss-reactive ketones (excluding diaryl/α,β-unsaturated/α-hetero) is 1. The number of carbonyl (C=O) groups excluding carboxylic acids is 2. The molecule has 5 heteroatoms. The van der Waals surface area contributed by atoms with Gasteiger partial charge in [0.1, 0.15) is 0 Å². The van der Waals surface area contributed by atoms with Gasteiger partial charge in [0, 0.05) is 30.1 Å². The highest BCUT2D eigenvalue weighted by Gasteiger charge is 2.84. The maximum absolute atomic E-state index is 13.8. The van der Waals surface area contributed by atoms with Crippen molar-refractivity contribution in [2.75, 3.05) is 6.61 Å². The van der Waals surface area contributed by atoms with Gasteiger partial charge in [-0.3, -0.25) is 9.59 Å². The lowest BCUT2D eigenvalue weighted by Gasteiger charge is -2.80. The maximum Gasteiger partial charge on any atom is 0.303 e. The van der Waals surface area contributed by atoms with Crippen LogP contribution in [-0.2, 0) is 19.1 Å². The standard InChI is InChI=1S/C21H28O5/c1-10-5-6-12-8-21-13-9-25-14(13)7-15(23)20(21,4)18(24)17(26-11(2)22)16(10)19(12,21)3/h12-15,17,23H,5-9H2,1-4H3/t12?,13-,14-,15+,17-,19-,20+,21?/m1/s1. The quantitative estimate of drug-likeness (QED) is 0.574. The molecule has 5 rings (SSSR count). The largest absolute Gasteiger partial charge is 0.450 e. The van der Waals surface area contributed by atoms with Gasteiger partial charge >= 0.3 is 5.97 Å². The molecule has 2 unspecified atom stereocenters. The Morgan fingerprint density at radius 1 is 1.31 bits per heavy atom.